The molecule has 150 valence electrons. The molecule has 30 heavy (non-hydrogen) atoms. The number of rotatable bonds is 5. The lowest BCUT2D eigenvalue weighted by Gasteiger charge is -2.12. The smallest absolute Gasteiger partial charge is 0.294 e. The first kappa shape index (κ1) is 19.9. The number of carbonyl (C=O) groups excluding carboxylic acids is 3. The van der Waals surface area contributed by atoms with E-state index >= 15 is 0 Å². The summed E-state index contributed by atoms with van der Waals surface area (Å²) in [5.41, 5.74) is 2.66. The van der Waals surface area contributed by atoms with Crippen molar-refractivity contribution in [1.29, 1.82) is 0 Å². The molecule has 0 radical (unpaired) electrons. The summed E-state index contributed by atoms with van der Waals surface area (Å²) in [5, 5.41) is 4.35. The maximum Gasteiger partial charge on any atom is 0.294 e. The summed E-state index contributed by atoms with van der Waals surface area (Å²) in [6.07, 6.45) is 2.63. The maximum absolute atomic E-state index is 12.8. The van der Waals surface area contributed by atoms with Gasteiger partial charge in [0, 0.05) is 5.69 Å². The molecule has 3 aromatic rings. The van der Waals surface area contributed by atoms with Gasteiger partial charge in [-0.25, -0.2) is 0 Å². The van der Waals surface area contributed by atoms with Crippen molar-refractivity contribution >= 4 is 51.4 Å². The molecule has 0 spiro atoms. The minimum absolute atomic E-state index is 0.312. The van der Waals surface area contributed by atoms with Crippen LogP contribution in [0, 0.1) is 0 Å². The molecular formula is C24H20N2O3S. The number of carbonyl (C=O) groups is 3. The lowest BCUT2D eigenvalue weighted by molar-refractivity contribution is -0.127. The lowest BCUT2D eigenvalue weighted by atomic mass is 10.0. The van der Waals surface area contributed by atoms with Crippen LogP contribution in [0.1, 0.15) is 18.1 Å². The van der Waals surface area contributed by atoms with Crippen LogP contribution in [-0.4, -0.2) is 28.5 Å². The highest BCUT2D eigenvalue weighted by Gasteiger charge is 2.36. The van der Waals surface area contributed by atoms with E-state index in [-0.39, 0.29) is 6.54 Å². The number of amides is 3. The fraction of sp³-hybridized carbons (Fsp3) is 0.125. The van der Waals surface area contributed by atoms with E-state index in [1.807, 2.05) is 66.7 Å². The van der Waals surface area contributed by atoms with Crippen molar-refractivity contribution in [3.8, 4) is 0 Å². The van der Waals surface area contributed by atoms with Crippen LogP contribution in [-0.2, 0) is 16.0 Å². The van der Waals surface area contributed by atoms with Gasteiger partial charge in [0.05, 0.1) is 4.91 Å². The number of nitrogens with one attached hydrogen (secondary N) is 1. The van der Waals surface area contributed by atoms with E-state index in [1.165, 1.54) is 0 Å². The molecule has 5 nitrogen and oxygen atoms in total. The molecule has 1 heterocycles. The van der Waals surface area contributed by atoms with E-state index in [0.717, 1.165) is 45.0 Å². The van der Waals surface area contributed by atoms with Gasteiger partial charge >= 0.3 is 0 Å². The Bertz CT molecular complexity index is 1160. The van der Waals surface area contributed by atoms with Gasteiger partial charge in [-0.15, -0.1) is 0 Å². The average molecular weight is 417 g/mol. The molecule has 0 aromatic heterocycles. The third kappa shape index (κ3) is 4.14. The zero-order valence-corrected chi connectivity index (χ0v) is 17.2. The van der Waals surface area contributed by atoms with Crippen LogP contribution in [0.5, 0.6) is 0 Å². The standard InChI is InChI=1S/C24H20N2O3S/c1-2-16-10-12-19(13-11-16)25-22(27)15-26-23(28)21(30-24(26)29)14-18-8-5-7-17-6-3-4-9-20(17)18/h3-14H,2,15H2,1H3,(H,25,27)/b21-14+. The van der Waals surface area contributed by atoms with E-state index in [2.05, 4.69) is 12.2 Å². The zero-order valence-electron chi connectivity index (χ0n) is 16.4. The Hall–Kier alpha value is -3.38. The van der Waals surface area contributed by atoms with Gasteiger partial charge in [0.2, 0.25) is 5.91 Å². The van der Waals surface area contributed by atoms with E-state index < -0.39 is 17.1 Å². The molecule has 0 aliphatic carbocycles. The van der Waals surface area contributed by atoms with Crippen LogP contribution in [0.2, 0.25) is 0 Å². The summed E-state index contributed by atoms with van der Waals surface area (Å²) < 4.78 is 0. The van der Waals surface area contributed by atoms with Crippen molar-refractivity contribution in [3.63, 3.8) is 0 Å². The molecular weight excluding hydrogens is 396 g/mol. The topological polar surface area (TPSA) is 66.5 Å². The molecule has 6 heteroatoms. The first-order valence-electron chi connectivity index (χ1n) is 9.67. The number of imide groups is 1. The minimum Gasteiger partial charge on any atom is -0.325 e. The molecule has 1 fully saturated rings. The van der Waals surface area contributed by atoms with Crippen molar-refractivity contribution in [3.05, 3.63) is 82.8 Å². The van der Waals surface area contributed by atoms with Crippen LogP contribution >= 0.6 is 11.8 Å². The van der Waals surface area contributed by atoms with E-state index in [1.54, 1.807) is 6.08 Å². The summed E-state index contributed by atoms with van der Waals surface area (Å²) in [4.78, 5) is 38.8. The SMILES string of the molecule is CCc1ccc(NC(=O)CN2C(=O)S/C(=C/c3cccc4ccccc34)C2=O)cc1. The number of hydrogen-bond donors (Lipinski definition) is 1. The Balaban J connectivity index is 1.49. The number of benzene rings is 3. The van der Waals surface area contributed by atoms with Crippen LogP contribution in [0.15, 0.2) is 71.6 Å². The van der Waals surface area contributed by atoms with Crippen molar-refractivity contribution in [1.82, 2.24) is 4.90 Å². The van der Waals surface area contributed by atoms with Gasteiger partial charge in [0.1, 0.15) is 6.54 Å². The van der Waals surface area contributed by atoms with E-state index in [9.17, 15) is 14.4 Å². The van der Waals surface area contributed by atoms with Gasteiger partial charge < -0.3 is 5.32 Å². The van der Waals surface area contributed by atoms with Gasteiger partial charge in [-0.3, -0.25) is 19.3 Å². The van der Waals surface area contributed by atoms with Crippen molar-refractivity contribution in [2.45, 2.75) is 13.3 Å². The number of aryl methyl sites for hydroxylation is 1. The largest absolute Gasteiger partial charge is 0.325 e. The fourth-order valence-electron chi connectivity index (χ4n) is 3.32. The van der Waals surface area contributed by atoms with Crippen molar-refractivity contribution < 1.29 is 14.4 Å². The highest BCUT2D eigenvalue weighted by Crippen LogP contribution is 2.33. The molecule has 4 rings (SSSR count). The van der Waals surface area contributed by atoms with Crippen molar-refractivity contribution in [2.75, 3.05) is 11.9 Å². The monoisotopic (exact) mass is 416 g/mol. The maximum atomic E-state index is 12.8. The molecule has 1 aliphatic heterocycles. The van der Waals surface area contributed by atoms with Gasteiger partial charge in [-0.2, -0.15) is 0 Å². The highest BCUT2D eigenvalue weighted by molar-refractivity contribution is 8.18. The third-order valence-electron chi connectivity index (χ3n) is 4.93. The predicted octanol–water partition coefficient (Wildman–Crippen LogP) is 5.08. The van der Waals surface area contributed by atoms with E-state index in [4.69, 9.17) is 0 Å². The summed E-state index contributed by atoms with van der Waals surface area (Å²) in [6, 6.07) is 21.2. The number of fused-ring (bicyclic) bond motifs is 1. The molecule has 3 aromatic carbocycles. The first-order valence-corrected chi connectivity index (χ1v) is 10.5. The summed E-state index contributed by atoms with van der Waals surface area (Å²) >= 11 is 0.857. The molecule has 1 saturated heterocycles. The molecule has 0 bridgehead atoms. The predicted molar refractivity (Wildman–Crippen MR) is 121 cm³/mol. The molecule has 0 saturated carbocycles. The van der Waals surface area contributed by atoms with Crippen LogP contribution in [0.25, 0.3) is 16.8 Å². The molecule has 0 atom stereocenters. The van der Waals surface area contributed by atoms with Gasteiger partial charge in [-0.05, 0) is 58.3 Å². The Kier molecular flexibility index (Phi) is 5.68. The molecule has 0 unspecified atom stereocenters. The number of thioether (sulfide) groups is 1. The second-order valence-corrected chi connectivity index (χ2v) is 7.93. The Morgan fingerprint density at radius 1 is 1.00 bits per heavy atom. The normalized spacial score (nSPS) is 15.2. The molecule has 3 amide bonds. The highest BCUT2D eigenvalue weighted by atomic mass is 32.2. The summed E-state index contributed by atoms with van der Waals surface area (Å²) in [7, 11) is 0. The van der Waals surface area contributed by atoms with Crippen molar-refractivity contribution in [2.24, 2.45) is 0 Å². The Labute approximate surface area is 178 Å². The van der Waals surface area contributed by atoms with Crippen LogP contribution < -0.4 is 5.32 Å². The quantitative estimate of drug-likeness (QED) is 0.589. The zero-order chi connectivity index (χ0) is 21.1. The third-order valence-corrected chi connectivity index (χ3v) is 5.84. The number of hydrogen-bond acceptors (Lipinski definition) is 4. The summed E-state index contributed by atoms with van der Waals surface area (Å²) in [5.74, 6) is -0.859. The lowest BCUT2D eigenvalue weighted by Crippen LogP contribution is -2.36. The van der Waals surface area contributed by atoms with Crippen LogP contribution in [0.4, 0.5) is 10.5 Å². The van der Waals surface area contributed by atoms with Gasteiger partial charge in [-0.1, -0.05) is 61.5 Å². The number of anilines is 1. The molecule has 1 N–H and O–H groups in total. The second-order valence-electron chi connectivity index (χ2n) is 6.93. The average Bonchev–Trinajstić information content (AvgIpc) is 3.02. The fourth-order valence-corrected chi connectivity index (χ4v) is 4.15. The molecule has 1 aliphatic rings. The second kappa shape index (κ2) is 8.55. The van der Waals surface area contributed by atoms with E-state index in [0.29, 0.717) is 10.6 Å². The Morgan fingerprint density at radius 3 is 2.50 bits per heavy atom. The Morgan fingerprint density at radius 2 is 1.73 bits per heavy atom. The van der Waals surface area contributed by atoms with Crippen LogP contribution in [0.3, 0.4) is 0 Å². The minimum atomic E-state index is -0.450. The first-order chi connectivity index (χ1) is 14.5. The van der Waals surface area contributed by atoms with Gasteiger partial charge in [0.15, 0.2) is 0 Å². The summed E-state index contributed by atoms with van der Waals surface area (Å²) in [6.45, 7) is 1.74. The van der Waals surface area contributed by atoms with Gasteiger partial charge in [0.25, 0.3) is 11.1 Å². The number of nitrogens with zero attached hydrogens (tertiary/aromatic N) is 1.